The molecular formula is C13H14N4O2. The van der Waals surface area contributed by atoms with Gasteiger partial charge in [0.2, 0.25) is 6.41 Å². The molecule has 3 rings (SSSR count). The van der Waals surface area contributed by atoms with Crippen molar-refractivity contribution in [3.63, 3.8) is 0 Å². The Bertz CT molecular complexity index is 614. The normalized spacial score (nSPS) is 15.8. The monoisotopic (exact) mass is 258 g/mol. The number of fused-ring (bicyclic) bond motifs is 1. The molecule has 2 aromatic rings. The number of nitrogens with zero attached hydrogens (tertiary/aromatic N) is 4. The fourth-order valence-corrected chi connectivity index (χ4v) is 2.27. The van der Waals surface area contributed by atoms with E-state index in [4.69, 9.17) is 0 Å². The van der Waals surface area contributed by atoms with Crippen LogP contribution in [-0.2, 0) is 4.79 Å². The molecule has 0 atom stereocenters. The van der Waals surface area contributed by atoms with Gasteiger partial charge in [-0.05, 0) is 12.1 Å². The van der Waals surface area contributed by atoms with Crippen molar-refractivity contribution in [3.05, 3.63) is 36.4 Å². The van der Waals surface area contributed by atoms with E-state index in [1.54, 1.807) is 28.4 Å². The second-order valence-corrected chi connectivity index (χ2v) is 4.57. The van der Waals surface area contributed by atoms with Gasteiger partial charge in [0.1, 0.15) is 0 Å². The van der Waals surface area contributed by atoms with Gasteiger partial charge in [-0.1, -0.05) is 0 Å². The van der Waals surface area contributed by atoms with E-state index in [2.05, 4.69) is 4.98 Å². The molecule has 2 aromatic heterocycles. The van der Waals surface area contributed by atoms with E-state index >= 15 is 0 Å². The third-order valence-electron chi connectivity index (χ3n) is 3.41. The van der Waals surface area contributed by atoms with E-state index in [0.29, 0.717) is 31.7 Å². The van der Waals surface area contributed by atoms with E-state index in [1.165, 1.54) is 0 Å². The summed E-state index contributed by atoms with van der Waals surface area (Å²) >= 11 is 0. The van der Waals surface area contributed by atoms with Crippen molar-refractivity contribution in [1.82, 2.24) is 19.2 Å². The number of amides is 2. The summed E-state index contributed by atoms with van der Waals surface area (Å²) in [5.74, 6) is 0.00856. The van der Waals surface area contributed by atoms with Gasteiger partial charge in [-0.2, -0.15) is 0 Å². The lowest BCUT2D eigenvalue weighted by molar-refractivity contribution is -0.119. The average molecular weight is 258 g/mol. The molecule has 2 amide bonds. The standard InChI is InChI=1S/C13H14N4O2/c18-10-15-3-5-16(6-4-15)13(19)11-1-2-17-9-14-8-12(17)7-11/h1-2,7-10H,3-6H2. The molecule has 6 nitrogen and oxygen atoms in total. The van der Waals surface area contributed by atoms with Gasteiger partial charge in [-0.3, -0.25) is 9.59 Å². The van der Waals surface area contributed by atoms with Crippen LogP contribution in [0.3, 0.4) is 0 Å². The molecule has 1 aliphatic rings. The van der Waals surface area contributed by atoms with Gasteiger partial charge < -0.3 is 14.2 Å². The van der Waals surface area contributed by atoms with Crippen molar-refractivity contribution in [2.75, 3.05) is 26.2 Å². The lowest BCUT2D eigenvalue weighted by Crippen LogP contribution is -2.48. The van der Waals surface area contributed by atoms with Crippen LogP contribution in [-0.4, -0.2) is 57.7 Å². The second-order valence-electron chi connectivity index (χ2n) is 4.57. The second kappa shape index (κ2) is 4.72. The molecule has 0 aromatic carbocycles. The van der Waals surface area contributed by atoms with E-state index in [-0.39, 0.29) is 5.91 Å². The van der Waals surface area contributed by atoms with Crippen LogP contribution in [0.4, 0.5) is 0 Å². The van der Waals surface area contributed by atoms with Gasteiger partial charge in [0.05, 0.1) is 18.0 Å². The first kappa shape index (κ1) is 11.7. The van der Waals surface area contributed by atoms with Crippen LogP contribution in [0.5, 0.6) is 0 Å². The van der Waals surface area contributed by atoms with Gasteiger partial charge in [0.25, 0.3) is 5.91 Å². The Kier molecular flexibility index (Phi) is 2.91. The molecule has 1 saturated heterocycles. The summed E-state index contributed by atoms with van der Waals surface area (Å²) in [6, 6.07) is 3.63. The van der Waals surface area contributed by atoms with Crippen LogP contribution in [0, 0.1) is 0 Å². The maximum Gasteiger partial charge on any atom is 0.254 e. The maximum absolute atomic E-state index is 12.3. The van der Waals surface area contributed by atoms with Crippen LogP contribution in [0.15, 0.2) is 30.9 Å². The topological polar surface area (TPSA) is 57.9 Å². The Morgan fingerprint density at radius 1 is 1.26 bits per heavy atom. The first-order valence-corrected chi connectivity index (χ1v) is 6.18. The number of carbonyl (C=O) groups excluding carboxylic acids is 2. The molecule has 0 unspecified atom stereocenters. The minimum atomic E-state index is 0.00856. The Morgan fingerprint density at radius 2 is 2.05 bits per heavy atom. The molecule has 3 heterocycles. The van der Waals surface area contributed by atoms with E-state index in [9.17, 15) is 9.59 Å². The van der Waals surface area contributed by atoms with Crippen molar-refractivity contribution in [3.8, 4) is 0 Å². The fourth-order valence-electron chi connectivity index (χ4n) is 2.27. The van der Waals surface area contributed by atoms with Crippen LogP contribution >= 0.6 is 0 Å². The predicted octanol–water partition coefficient (Wildman–Crippen LogP) is 0.248. The molecule has 0 N–H and O–H groups in total. The van der Waals surface area contributed by atoms with Gasteiger partial charge in [-0.15, -0.1) is 0 Å². The fraction of sp³-hybridized carbons (Fsp3) is 0.308. The lowest BCUT2D eigenvalue weighted by atomic mass is 10.2. The summed E-state index contributed by atoms with van der Waals surface area (Å²) in [4.78, 5) is 30.5. The number of rotatable bonds is 2. The minimum absolute atomic E-state index is 0.00856. The summed E-state index contributed by atoms with van der Waals surface area (Å²) in [5, 5.41) is 0. The Hall–Kier alpha value is -2.37. The summed E-state index contributed by atoms with van der Waals surface area (Å²) in [6.45, 7) is 2.37. The van der Waals surface area contributed by atoms with Crippen molar-refractivity contribution < 1.29 is 9.59 Å². The molecule has 0 saturated carbocycles. The van der Waals surface area contributed by atoms with Crippen LogP contribution < -0.4 is 0 Å². The van der Waals surface area contributed by atoms with Crippen LogP contribution in [0.2, 0.25) is 0 Å². The molecule has 6 heteroatoms. The highest BCUT2D eigenvalue weighted by atomic mass is 16.2. The van der Waals surface area contributed by atoms with Crippen molar-refractivity contribution in [2.24, 2.45) is 0 Å². The molecule has 98 valence electrons. The first-order chi connectivity index (χ1) is 9.28. The molecule has 1 aliphatic heterocycles. The van der Waals surface area contributed by atoms with E-state index < -0.39 is 0 Å². The number of imidazole rings is 1. The summed E-state index contributed by atoms with van der Waals surface area (Å²) in [6.07, 6.45) is 6.09. The smallest absolute Gasteiger partial charge is 0.254 e. The quantitative estimate of drug-likeness (QED) is 0.725. The summed E-state index contributed by atoms with van der Waals surface area (Å²) in [7, 11) is 0. The van der Waals surface area contributed by atoms with Crippen molar-refractivity contribution in [1.29, 1.82) is 0 Å². The minimum Gasteiger partial charge on any atom is -0.342 e. The highest BCUT2D eigenvalue weighted by Gasteiger charge is 2.21. The predicted molar refractivity (Wildman–Crippen MR) is 68.7 cm³/mol. The molecule has 0 spiro atoms. The number of carbonyl (C=O) groups is 2. The number of aromatic nitrogens is 2. The van der Waals surface area contributed by atoms with Crippen molar-refractivity contribution in [2.45, 2.75) is 0 Å². The van der Waals surface area contributed by atoms with Gasteiger partial charge in [-0.25, -0.2) is 4.98 Å². The first-order valence-electron chi connectivity index (χ1n) is 6.18. The van der Waals surface area contributed by atoms with Gasteiger partial charge >= 0.3 is 0 Å². The number of pyridine rings is 1. The number of hydrogen-bond acceptors (Lipinski definition) is 3. The Morgan fingerprint density at radius 3 is 2.79 bits per heavy atom. The average Bonchev–Trinajstić information content (AvgIpc) is 2.94. The number of hydrogen-bond donors (Lipinski definition) is 0. The molecule has 0 bridgehead atoms. The highest BCUT2D eigenvalue weighted by molar-refractivity contribution is 5.95. The number of piperazine rings is 1. The Balaban J connectivity index is 1.78. The van der Waals surface area contributed by atoms with Gasteiger partial charge in [0.15, 0.2) is 0 Å². The molecule has 1 fully saturated rings. The summed E-state index contributed by atoms with van der Waals surface area (Å²) in [5.41, 5.74) is 1.56. The van der Waals surface area contributed by atoms with Crippen LogP contribution in [0.1, 0.15) is 10.4 Å². The SMILES string of the molecule is O=CN1CCN(C(=O)c2ccn3cncc3c2)CC1. The molecule has 0 radical (unpaired) electrons. The highest BCUT2D eigenvalue weighted by Crippen LogP contribution is 2.11. The zero-order chi connectivity index (χ0) is 13.2. The zero-order valence-electron chi connectivity index (χ0n) is 10.4. The van der Waals surface area contributed by atoms with Gasteiger partial charge in [0, 0.05) is 37.9 Å². The molecule has 0 aliphatic carbocycles. The summed E-state index contributed by atoms with van der Waals surface area (Å²) < 4.78 is 1.86. The molecule has 19 heavy (non-hydrogen) atoms. The molecular weight excluding hydrogens is 244 g/mol. The zero-order valence-corrected chi connectivity index (χ0v) is 10.4. The Labute approximate surface area is 110 Å². The largest absolute Gasteiger partial charge is 0.342 e. The lowest BCUT2D eigenvalue weighted by Gasteiger charge is -2.32. The van der Waals surface area contributed by atoms with Crippen molar-refractivity contribution >= 4 is 17.8 Å². The van der Waals surface area contributed by atoms with E-state index in [0.717, 1.165) is 11.9 Å². The van der Waals surface area contributed by atoms with Crippen LogP contribution in [0.25, 0.3) is 5.52 Å². The third kappa shape index (κ3) is 2.16. The maximum atomic E-state index is 12.3. The third-order valence-corrected chi connectivity index (χ3v) is 3.41. The van der Waals surface area contributed by atoms with E-state index in [1.807, 2.05) is 16.7 Å².